The Morgan fingerprint density at radius 1 is 0.970 bits per heavy atom. The first-order valence-corrected chi connectivity index (χ1v) is 13.0. The number of carbonyl (C=O) groups is 1. The van der Waals surface area contributed by atoms with Crippen molar-refractivity contribution in [1.82, 2.24) is 5.32 Å². The molecule has 3 aromatic carbocycles. The summed E-state index contributed by atoms with van der Waals surface area (Å²) >= 11 is 6.05. The summed E-state index contributed by atoms with van der Waals surface area (Å²) in [4.78, 5) is 12.9. The molecular weight excluding hydrogens is 456 g/mol. The number of anilines is 1. The molecule has 0 aliphatic rings. The molecule has 174 valence electrons. The van der Waals surface area contributed by atoms with Crippen LogP contribution in [0, 0.1) is 5.92 Å². The Morgan fingerprint density at radius 2 is 1.64 bits per heavy atom. The highest BCUT2D eigenvalue weighted by molar-refractivity contribution is 7.92. The van der Waals surface area contributed by atoms with Crippen LogP contribution >= 0.6 is 11.6 Å². The molecule has 0 saturated carbocycles. The SMILES string of the molecule is CC(C)C[C@H](NC(=O)c1ccc(CN(c2cccc(Cl)c2)S(C)(=O)=O)cc1)c1ccccc1. The molecule has 1 amide bonds. The molecular formula is C26H29ClN2O3S. The van der Waals surface area contributed by atoms with E-state index in [1.54, 1.807) is 48.5 Å². The van der Waals surface area contributed by atoms with Gasteiger partial charge in [0.05, 0.1) is 24.5 Å². The molecule has 0 unspecified atom stereocenters. The predicted molar refractivity (Wildman–Crippen MR) is 135 cm³/mol. The molecule has 0 bridgehead atoms. The Morgan fingerprint density at radius 3 is 2.21 bits per heavy atom. The Kier molecular flexibility index (Phi) is 8.16. The first-order chi connectivity index (χ1) is 15.6. The van der Waals surface area contributed by atoms with E-state index < -0.39 is 10.0 Å². The molecule has 0 heterocycles. The summed E-state index contributed by atoms with van der Waals surface area (Å²) in [6.07, 6.45) is 1.99. The predicted octanol–water partition coefficient (Wildman–Crippen LogP) is 5.82. The Hall–Kier alpha value is -2.83. The molecule has 3 rings (SSSR count). The lowest BCUT2D eigenvalue weighted by Gasteiger charge is -2.23. The minimum atomic E-state index is -3.52. The van der Waals surface area contributed by atoms with Crippen LogP contribution in [0.5, 0.6) is 0 Å². The molecule has 0 aliphatic carbocycles. The van der Waals surface area contributed by atoms with Crippen LogP contribution in [0.25, 0.3) is 0 Å². The first-order valence-electron chi connectivity index (χ1n) is 10.8. The summed E-state index contributed by atoms with van der Waals surface area (Å²) in [5.41, 5.74) is 2.85. The molecule has 1 atom stereocenters. The minimum Gasteiger partial charge on any atom is -0.345 e. The van der Waals surface area contributed by atoms with E-state index >= 15 is 0 Å². The summed E-state index contributed by atoms with van der Waals surface area (Å²) in [5.74, 6) is 0.261. The zero-order valence-corrected chi connectivity index (χ0v) is 20.6. The summed E-state index contributed by atoms with van der Waals surface area (Å²) in [6, 6.07) is 23.6. The van der Waals surface area contributed by atoms with Crippen LogP contribution in [0.1, 0.15) is 47.8 Å². The van der Waals surface area contributed by atoms with Gasteiger partial charge in [-0.2, -0.15) is 0 Å². The monoisotopic (exact) mass is 484 g/mol. The van der Waals surface area contributed by atoms with Crippen LogP contribution in [-0.2, 0) is 16.6 Å². The van der Waals surface area contributed by atoms with Crippen LogP contribution in [0.3, 0.4) is 0 Å². The van der Waals surface area contributed by atoms with Gasteiger partial charge in [-0.05, 0) is 53.8 Å². The van der Waals surface area contributed by atoms with Crippen molar-refractivity contribution in [2.75, 3.05) is 10.6 Å². The lowest BCUT2D eigenvalue weighted by atomic mass is 9.96. The van der Waals surface area contributed by atoms with E-state index in [0.717, 1.165) is 23.8 Å². The van der Waals surface area contributed by atoms with Crippen molar-refractivity contribution in [3.8, 4) is 0 Å². The number of sulfonamides is 1. The van der Waals surface area contributed by atoms with Gasteiger partial charge < -0.3 is 5.32 Å². The van der Waals surface area contributed by atoms with Crippen molar-refractivity contribution in [3.05, 3.63) is 101 Å². The van der Waals surface area contributed by atoms with E-state index in [2.05, 4.69) is 19.2 Å². The van der Waals surface area contributed by atoms with Gasteiger partial charge in [0.15, 0.2) is 0 Å². The first kappa shape index (κ1) is 24.8. The van der Waals surface area contributed by atoms with Gasteiger partial charge in [0.2, 0.25) is 10.0 Å². The van der Waals surface area contributed by atoms with Crippen LogP contribution < -0.4 is 9.62 Å². The van der Waals surface area contributed by atoms with Crippen LogP contribution in [0.4, 0.5) is 5.69 Å². The number of halogens is 1. The number of rotatable bonds is 9. The molecule has 0 saturated heterocycles. The van der Waals surface area contributed by atoms with Gasteiger partial charge in [0, 0.05) is 10.6 Å². The topological polar surface area (TPSA) is 66.5 Å². The number of benzene rings is 3. The molecule has 0 aliphatic heterocycles. The Bertz CT molecular complexity index is 1180. The second-order valence-corrected chi connectivity index (χ2v) is 10.9. The normalized spacial score (nSPS) is 12.4. The number of nitrogens with one attached hydrogen (secondary N) is 1. The fourth-order valence-corrected chi connectivity index (χ4v) is 4.70. The number of hydrogen-bond acceptors (Lipinski definition) is 3. The van der Waals surface area contributed by atoms with Crippen molar-refractivity contribution in [1.29, 1.82) is 0 Å². The number of hydrogen-bond donors (Lipinski definition) is 1. The van der Waals surface area contributed by atoms with Crippen molar-refractivity contribution < 1.29 is 13.2 Å². The van der Waals surface area contributed by atoms with Gasteiger partial charge in [-0.25, -0.2) is 8.42 Å². The van der Waals surface area contributed by atoms with Crippen LogP contribution in [0.2, 0.25) is 5.02 Å². The van der Waals surface area contributed by atoms with Crippen molar-refractivity contribution >= 4 is 33.2 Å². The lowest BCUT2D eigenvalue weighted by Crippen LogP contribution is -2.30. The van der Waals surface area contributed by atoms with Gasteiger partial charge in [-0.1, -0.05) is 74.0 Å². The molecule has 0 spiro atoms. The highest BCUT2D eigenvalue weighted by atomic mass is 35.5. The van der Waals surface area contributed by atoms with E-state index in [0.29, 0.717) is 22.2 Å². The maximum atomic E-state index is 12.9. The molecule has 1 N–H and O–H groups in total. The Labute approximate surface area is 201 Å². The largest absolute Gasteiger partial charge is 0.345 e. The van der Waals surface area contributed by atoms with Gasteiger partial charge >= 0.3 is 0 Å². The fraction of sp³-hybridized carbons (Fsp3) is 0.269. The summed E-state index contributed by atoms with van der Waals surface area (Å²) < 4.78 is 26.1. The zero-order valence-electron chi connectivity index (χ0n) is 19.0. The summed E-state index contributed by atoms with van der Waals surface area (Å²) in [5, 5.41) is 3.60. The van der Waals surface area contributed by atoms with Crippen molar-refractivity contribution in [2.45, 2.75) is 32.9 Å². The van der Waals surface area contributed by atoms with Crippen molar-refractivity contribution in [2.24, 2.45) is 5.92 Å². The standard InChI is InChI=1S/C26H29ClN2O3S/c1-19(2)16-25(21-8-5-4-6-9-21)28-26(30)22-14-12-20(13-15-22)18-29(33(3,31)32)24-11-7-10-23(27)17-24/h4-15,17,19,25H,16,18H2,1-3H3,(H,28,30)/t25-/m0/s1. The smallest absolute Gasteiger partial charge is 0.251 e. The maximum absolute atomic E-state index is 12.9. The zero-order chi connectivity index (χ0) is 24.0. The van der Waals surface area contributed by atoms with Gasteiger partial charge in [-0.3, -0.25) is 9.10 Å². The molecule has 33 heavy (non-hydrogen) atoms. The number of carbonyl (C=O) groups excluding carboxylic acids is 1. The molecule has 5 nitrogen and oxygen atoms in total. The summed E-state index contributed by atoms with van der Waals surface area (Å²) in [6.45, 7) is 4.40. The van der Waals surface area contributed by atoms with E-state index in [1.165, 1.54) is 4.31 Å². The summed E-state index contributed by atoms with van der Waals surface area (Å²) in [7, 11) is -3.52. The second kappa shape index (κ2) is 10.9. The molecule has 0 aromatic heterocycles. The molecule has 7 heteroatoms. The van der Waals surface area contributed by atoms with Crippen LogP contribution in [-0.4, -0.2) is 20.6 Å². The van der Waals surface area contributed by atoms with E-state index in [9.17, 15) is 13.2 Å². The molecule has 0 radical (unpaired) electrons. The average Bonchev–Trinajstić information content (AvgIpc) is 2.77. The maximum Gasteiger partial charge on any atom is 0.251 e. The van der Waals surface area contributed by atoms with Crippen molar-refractivity contribution in [3.63, 3.8) is 0 Å². The molecule has 3 aromatic rings. The second-order valence-electron chi connectivity index (χ2n) is 8.51. The number of amides is 1. The molecule has 0 fully saturated rings. The minimum absolute atomic E-state index is 0.0815. The number of nitrogens with zero attached hydrogens (tertiary/aromatic N) is 1. The van der Waals surface area contributed by atoms with Gasteiger partial charge in [0.1, 0.15) is 0 Å². The van der Waals surface area contributed by atoms with E-state index in [1.807, 2.05) is 30.3 Å². The van der Waals surface area contributed by atoms with Gasteiger partial charge in [0.25, 0.3) is 5.91 Å². The third-order valence-corrected chi connectivity index (χ3v) is 6.63. The van der Waals surface area contributed by atoms with E-state index in [-0.39, 0.29) is 18.5 Å². The third kappa shape index (κ3) is 7.07. The highest BCUT2D eigenvalue weighted by Crippen LogP contribution is 2.25. The highest BCUT2D eigenvalue weighted by Gasteiger charge is 2.20. The van der Waals surface area contributed by atoms with Gasteiger partial charge in [-0.15, -0.1) is 0 Å². The lowest BCUT2D eigenvalue weighted by molar-refractivity contribution is 0.0932. The average molecular weight is 485 g/mol. The van der Waals surface area contributed by atoms with E-state index in [4.69, 9.17) is 11.6 Å². The Balaban J connectivity index is 1.76. The fourth-order valence-electron chi connectivity index (χ4n) is 3.64. The third-order valence-electron chi connectivity index (χ3n) is 5.25. The van der Waals surface area contributed by atoms with Crippen LogP contribution in [0.15, 0.2) is 78.9 Å². The quantitative estimate of drug-likeness (QED) is 0.416.